The van der Waals surface area contributed by atoms with E-state index in [1.165, 1.54) is 30.8 Å². The topological polar surface area (TPSA) is 132 Å². The monoisotopic (exact) mass is 648 g/mol. The first-order valence-electron chi connectivity index (χ1n) is 14.7. The Bertz CT molecular complexity index is 1920. The predicted molar refractivity (Wildman–Crippen MR) is 158 cm³/mol. The van der Waals surface area contributed by atoms with Crippen LogP contribution in [0.25, 0.3) is 16.6 Å². The minimum absolute atomic E-state index is 0.0336. The van der Waals surface area contributed by atoms with E-state index in [9.17, 15) is 28.0 Å². The van der Waals surface area contributed by atoms with Crippen LogP contribution in [0.1, 0.15) is 36.2 Å². The Morgan fingerprint density at radius 1 is 1.06 bits per heavy atom. The van der Waals surface area contributed by atoms with Gasteiger partial charge in [0.2, 0.25) is 6.79 Å². The maximum absolute atomic E-state index is 13.3. The zero-order valence-corrected chi connectivity index (χ0v) is 25.2. The van der Waals surface area contributed by atoms with Crippen LogP contribution in [0.15, 0.2) is 55.0 Å². The summed E-state index contributed by atoms with van der Waals surface area (Å²) in [4.78, 5) is 33.4. The lowest BCUT2D eigenvalue weighted by molar-refractivity contribution is -0.213. The second-order valence-electron chi connectivity index (χ2n) is 12.1. The summed E-state index contributed by atoms with van der Waals surface area (Å²) in [6.45, 7) is 3.59. The Morgan fingerprint density at radius 3 is 2.53 bits per heavy atom. The van der Waals surface area contributed by atoms with Gasteiger partial charge in [-0.05, 0) is 56.7 Å². The summed E-state index contributed by atoms with van der Waals surface area (Å²) < 4.78 is 60.7. The van der Waals surface area contributed by atoms with Crippen molar-refractivity contribution in [2.45, 2.75) is 44.1 Å². The molecule has 0 radical (unpaired) electrons. The quantitative estimate of drug-likeness (QED) is 0.266. The number of nitrogens with zero attached hydrogens (tertiary/aromatic N) is 6. The number of aromatic nitrogens is 3. The van der Waals surface area contributed by atoms with Crippen LogP contribution in [0, 0.1) is 11.3 Å². The molecule has 0 N–H and O–H groups in total. The molecule has 8 rings (SSSR count). The van der Waals surface area contributed by atoms with Crippen LogP contribution >= 0.6 is 0 Å². The summed E-state index contributed by atoms with van der Waals surface area (Å²) >= 11 is 0. The van der Waals surface area contributed by atoms with Gasteiger partial charge in [-0.1, -0.05) is 0 Å². The summed E-state index contributed by atoms with van der Waals surface area (Å²) in [7, 11) is 0. The average Bonchev–Trinajstić information content (AvgIpc) is 3.69. The normalized spacial score (nSPS) is 18.5. The number of rotatable bonds is 7. The number of carbonyl (C=O) groups is 2. The van der Waals surface area contributed by atoms with Gasteiger partial charge in [-0.2, -0.15) is 23.5 Å². The van der Waals surface area contributed by atoms with E-state index in [-0.39, 0.29) is 37.1 Å². The molecule has 4 aliphatic heterocycles. The Hall–Kier alpha value is -5.52. The number of fused-ring (bicyclic) bond motifs is 4. The van der Waals surface area contributed by atoms with Gasteiger partial charge in [0.05, 0.1) is 35.6 Å². The molecule has 3 saturated heterocycles. The van der Waals surface area contributed by atoms with E-state index in [4.69, 9.17) is 19.2 Å². The molecular weight excluding hydrogens is 621 g/mol. The highest BCUT2D eigenvalue weighted by Crippen LogP contribution is 2.39. The molecule has 7 heterocycles. The van der Waals surface area contributed by atoms with Crippen molar-refractivity contribution in [1.82, 2.24) is 19.5 Å². The summed E-state index contributed by atoms with van der Waals surface area (Å²) in [5.41, 5.74) is 0.966. The highest BCUT2D eigenvalue weighted by Gasteiger charge is 2.48. The highest BCUT2D eigenvalue weighted by atomic mass is 19.4. The van der Waals surface area contributed by atoms with Gasteiger partial charge in [0.25, 0.3) is 5.91 Å². The van der Waals surface area contributed by atoms with E-state index >= 15 is 0 Å². The van der Waals surface area contributed by atoms with Crippen LogP contribution in [-0.2, 0) is 9.53 Å². The molecule has 2 unspecified atom stereocenters. The van der Waals surface area contributed by atoms with Crippen LogP contribution in [-0.4, -0.2) is 81.7 Å². The minimum atomic E-state index is -5.13. The van der Waals surface area contributed by atoms with E-state index in [2.05, 4.69) is 20.8 Å². The molecule has 2 atom stereocenters. The number of alkyl halides is 3. The van der Waals surface area contributed by atoms with Gasteiger partial charge in [0, 0.05) is 36.0 Å². The molecule has 12 nitrogen and oxygen atoms in total. The molecule has 3 fully saturated rings. The number of pyridine rings is 2. The number of carbonyl (C=O) groups excluding carboxylic acids is 2. The lowest BCUT2D eigenvalue weighted by atomic mass is 9.86. The van der Waals surface area contributed by atoms with Crippen LogP contribution < -0.4 is 19.1 Å². The highest BCUT2D eigenvalue weighted by molar-refractivity contribution is 5.96. The van der Waals surface area contributed by atoms with Crippen LogP contribution in [0.2, 0.25) is 0 Å². The summed E-state index contributed by atoms with van der Waals surface area (Å²) in [6, 6.07) is 12.7. The summed E-state index contributed by atoms with van der Waals surface area (Å²) in [5, 5.41) is 13.9. The first kappa shape index (κ1) is 30.2. The largest absolute Gasteiger partial charge is 0.490 e. The number of piperazine rings is 1. The Morgan fingerprint density at radius 2 is 1.83 bits per heavy atom. The van der Waals surface area contributed by atoms with E-state index < -0.39 is 17.7 Å². The molecule has 1 amide bonds. The molecule has 47 heavy (non-hydrogen) atoms. The molecule has 242 valence electrons. The fourth-order valence-corrected chi connectivity index (χ4v) is 6.11. The smallest absolute Gasteiger partial charge is 0.488 e. The summed E-state index contributed by atoms with van der Waals surface area (Å²) in [5.74, 6) is -0.217. The second kappa shape index (κ2) is 11.1. The van der Waals surface area contributed by atoms with Crippen molar-refractivity contribution in [3.05, 3.63) is 66.1 Å². The third-order valence-electron chi connectivity index (χ3n) is 8.32. The van der Waals surface area contributed by atoms with E-state index in [0.29, 0.717) is 52.4 Å². The second-order valence-corrected chi connectivity index (χ2v) is 12.1. The van der Waals surface area contributed by atoms with Gasteiger partial charge >= 0.3 is 12.1 Å². The fourth-order valence-electron chi connectivity index (χ4n) is 6.11. The van der Waals surface area contributed by atoms with Gasteiger partial charge in [-0.15, -0.1) is 0 Å². The first-order valence-corrected chi connectivity index (χ1v) is 14.7. The third kappa shape index (κ3) is 5.60. The minimum Gasteiger partial charge on any atom is -0.488 e. The number of hydrogen-bond acceptors (Lipinski definition) is 10. The van der Waals surface area contributed by atoms with Crippen LogP contribution in [0.5, 0.6) is 17.2 Å². The van der Waals surface area contributed by atoms with Gasteiger partial charge in [0.1, 0.15) is 29.8 Å². The Balaban J connectivity index is 1.07. The van der Waals surface area contributed by atoms with Crippen LogP contribution in [0.3, 0.4) is 0 Å². The molecule has 0 spiro atoms. The first-order chi connectivity index (χ1) is 22.4. The number of nitriles is 1. The summed E-state index contributed by atoms with van der Waals surface area (Å²) in [6.07, 6.45) is 0.314. The standard InChI is InChI=1S/C32H27F3N6O6/c1-31(2,47-30(43)32(33,34)35)16-44-23-9-24(28-20(10-36)12-38-40(28)15-23)19-4-6-27(37-11-19)39-13-21-8-22(14-39)41(21)29(42)18-3-5-25-26(7-18)46-17-45-25/h3-7,9,11-12,15,21-22H,8,13-14,16-17H2,1-2H3. The number of ether oxygens (including phenoxy) is 4. The molecule has 3 aromatic heterocycles. The van der Waals surface area contributed by atoms with E-state index in [1.807, 2.05) is 17.0 Å². The lowest BCUT2D eigenvalue weighted by Gasteiger charge is -2.56. The fraction of sp³-hybridized carbons (Fsp3) is 0.344. The molecule has 15 heteroatoms. The molecule has 4 aromatic rings. The Labute approximate surface area is 265 Å². The number of hydrogen-bond donors (Lipinski definition) is 0. The number of halogens is 3. The van der Waals surface area contributed by atoms with Crippen molar-refractivity contribution in [3.63, 3.8) is 0 Å². The number of esters is 1. The van der Waals surface area contributed by atoms with E-state index in [1.54, 1.807) is 30.5 Å². The molecule has 4 aliphatic rings. The average molecular weight is 649 g/mol. The molecular formula is C32H27F3N6O6. The maximum Gasteiger partial charge on any atom is 0.490 e. The predicted octanol–water partition coefficient (Wildman–Crippen LogP) is 4.36. The molecule has 0 saturated carbocycles. The van der Waals surface area contributed by atoms with Crippen molar-refractivity contribution in [1.29, 1.82) is 5.26 Å². The number of benzene rings is 1. The molecule has 1 aromatic carbocycles. The van der Waals surface area contributed by atoms with Gasteiger partial charge < -0.3 is 28.7 Å². The van der Waals surface area contributed by atoms with Crippen molar-refractivity contribution in [2.24, 2.45) is 0 Å². The van der Waals surface area contributed by atoms with Gasteiger partial charge in [0.15, 0.2) is 11.5 Å². The van der Waals surface area contributed by atoms with Crippen LogP contribution in [0.4, 0.5) is 19.0 Å². The molecule has 2 bridgehead atoms. The lowest BCUT2D eigenvalue weighted by Crippen LogP contribution is -2.70. The van der Waals surface area contributed by atoms with Crippen molar-refractivity contribution in [3.8, 4) is 34.4 Å². The van der Waals surface area contributed by atoms with Gasteiger partial charge in [-0.3, -0.25) is 4.79 Å². The third-order valence-corrected chi connectivity index (χ3v) is 8.32. The van der Waals surface area contributed by atoms with E-state index in [0.717, 1.165) is 12.2 Å². The number of amides is 1. The Kier molecular flexibility index (Phi) is 7.10. The maximum atomic E-state index is 13.3. The van der Waals surface area contributed by atoms with Crippen molar-refractivity contribution < 1.29 is 41.7 Å². The van der Waals surface area contributed by atoms with Gasteiger partial charge in [-0.25, -0.2) is 14.3 Å². The number of piperidine rings is 1. The zero-order valence-electron chi connectivity index (χ0n) is 25.2. The zero-order chi connectivity index (χ0) is 33.1. The number of anilines is 1. The van der Waals surface area contributed by atoms with Crippen molar-refractivity contribution in [2.75, 3.05) is 31.4 Å². The van der Waals surface area contributed by atoms with Crippen molar-refractivity contribution >= 4 is 23.2 Å². The SMILES string of the molecule is CC(C)(COc1cc(-c2ccc(N3CC4CC(C3)N4C(=O)c3ccc4c(c3)OCO4)nc2)c2c(C#N)cnn2c1)OC(=O)C(F)(F)F. The molecule has 0 aliphatic carbocycles.